The highest BCUT2D eigenvalue weighted by atomic mass is 16.5. The van der Waals surface area contributed by atoms with E-state index in [0.29, 0.717) is 74.2 Å². The molecule has 0 saturated carbocycles. The number of ether oxygens (including phenoxy) is 2. The number of Topliss-reactive ketones (excluding diaryl/α,β-unsaturated/α-hetero) is 2. The Bertz CT molecular complexity index is 4130. The summed E-state index contributed by atoms with van der Waals surface area (Å²) in [5, 5.41) is 17.4. The third kappa shape index (κ3) is 26.5. The van der Waals surface area contributed by atoms with Crippen LogP contribution in [0.25, 0.3) is 0 Å². The van der Waals surface area contributed by atoms with Crippen molar-refractivity contribution in [1.29, 1.82) is 0 Å². The fourth-order valence-electron chi connectivity index (χ4n) is 9.08. The van der Waals surface area contributed by atoms with Crippen LogP contribution in [0.5, 0.6) is 5.75 Å². The molecule has 4 amide bonds. The molecule has 0 unspecified atom stereocenters. The number of carboxylic acids is 1. The molecule has 91 heavy (non-hydrogen) atoms. The predicted octanol–water partition coefficient (Wildman–Crippen LogP) is 11.1. The van der Waals surface area contributed by atoms with Crippen molar-refractivity contribution >= 4 is 52.8 Å². The molecule has 0 aromatic heterocycles. The zero-order valence-electron chi connectivity index (χ0n) is 50.5. The Balaban J connectivity index is -0.000000110. The molecule has 4 atom stereocenters. The first-order valence-electron chi connectivity index (χ1n) is 28.8. The van der Waals surface area contributed by atoms with Crippen LogP contribution in [-0.2, 0) is 57.7 Å². The molecule has 16 heteroatoms. The van der Waals surface area contributed by atoms with Crippen LogP contribution in [0.1, 0.15) is 116 Å². The van der Waals surface area contributed by atoms with E-state index in [1.807, 2.05) is 87.5 Å². The number of benzene rings is 4. The largest absolute Gasteiger partial charge is 0.480 e. The molecule has 4 aromatic rings. The third-order valence-corrected chi connectivity index (χ3v) is 13.5. The summed E-state index contributed by atoms with van der Waals surface area (Å²) in [5.41, 5.74) is 4.49. The summed E-state index contributed by atoms with van der Waals surface area (Å²) in [7, 11) is 0. The smallest absolute Gasteiger partial charge is 0.326 e. The van der Waals surface area contributed by atoms with Gasteiger partial charge in [0.15, 0.2) is 5.78 Å². The van der Waals surface area contributed by atoms with Crippen LogP contribution in [0.3, 0.4) is 0 Å². The number of carboxylic acid groups (broad SMARTS) is 1. The number of ketones is 2. The van der Waals surface area contributed by atoms with Gasteiger partial charge in [-0.3, -0.25) is 33.6 Å². The Hall–Kier alpha value is -12.2. The maximum Gasteiger partial charge on any atom is 0.326 e. The second kappa shape index (κ2) is 39.5. The van der Waals surface area contributed by atoms with E-state index < -0.39 is 29.9 Å². The van der Waals surface area contributed by atoms with Gasteiger partial charge in [-0.05, 0) is 151 Å². The molecule has 0 radical (unpaired) electrons. The summed E-state index contributed by atoms with van der Waals surface area (Å²) in [6.07, 6.45) is 11.4. The minimum Gasteiger partial charge on any atom is -0.480 e. The number of rotatable bonds is 22. The molecular formula is C75H107N5O11. The average molecular weight is 1250 g/mol. The number of aryl methyl sites for hydroxylation is 1. The number of amides is 4. The van der Waals surface area contributed by atoms with Gasteiger partial charge in [-0.1, -0.05) is 80.6 Å². The summed E-state index contributed by atoms with van der Waals surface area (Å²) < 4.78 is 10.8. The Labute approximate surface area is 564 Å². The Kier molecular flexibility index (Phi) is 30.2. The van der Waals surface area contributed by atoms with Crippen molar-refractivity contribution in [1.82, 2.24) is 20.4 Å². The van der Waals surface area contributed by atoms with E-state index >= 15 is 0 Å². The maximum atomic E-state index is 13.2. The van der Waals surface area contributed by atoms with Crippen molar-refractivity contribution < 1.29 is 84.3 Å². The van der Waals surface area contributed by atoms with Crippen LogP contribution in [-0.4, -0.2) is 107 Å². The number of hydrogen-bond donors (Lipinski definition) is 4. The monoisotopic (exact) mass is 1250 g/mol. The quantitative estimate of drug-likeness (QED) is 0.0427. The molecule has 2 heterocycles. The lowest BCUT2D eigenvalue weighted by Gasteiger charge is -2.24. The first kappa shape index (κ1) is 69.6. The number of carbonyl (C=O) groups is 8. The number of aliphatic carboxylic acids is 1. The van der Waals surface area contributed by atoms with Gasteiger partial charge in [-0.2, -0.15) is 0 Å². The number of esters is 1. The average Bonchev–Trinajstić information content (AvgIpc) is 1.73. The lowest BCUT2D eigenvalue weighted by molar-refractivity contribution is -0.148. The van der Waals surface area contributed by atoms with Crippen molar-refractivity contribution in [2.75, 3.05) is 38.0 Å². The van der Waals surface area contributed by atoms with Crippen LogP contribution in [0.15, 0.2) is 103 Å². The lowest BCUT2D eigenvalue weighted by Crippen LogP contribution is -2.47. The molecule has 2 fully saturated rings. The van der Waals surface area contributed by atoms with Gasteiger partial charge < -0.3 is 40.3 Å². The van der Waals surface area contributed by atoms with Crippen LogP contribution < -0.4 is 20.7 Å². The van der Waals surface area contributed by atoms with Crippen LogP contribution in [0.2, 0.25) is 0 Å². The van der Waals surface area contributed by atoms with Crippen molar-refractivity contribution in [3.63, 3.8) is 0 Å². The van der Waals surface area contributed by atoms with Gasteiger partial charge in [0.2, 0.25) is 17.7 Å². The first-order chi connectivity index (χ1) is 44.1. The Morgan fingerprint density at radius 3 is 1.65 bits per heavy atom. The zero-order valence-corrected chi connectivity index (χ0v) is 50.5. The van der Waals surface area contributed by atoms with E-state index in [2.05, 4.69) is 140 Å². The lowest BCUT2D eigenvalue weighted by atomic mass is 9.94. The normalized spacial score (nSPS) is 13.1. The molecule has 0 spiro atoms. The molecule has 6 rings (SSSR count). The molecular weight excluding hydrogens is 1150 g/mol. The van der Waals surface area contributed by atoms with E-state index in [4.69, 9.17) is 21.0 Å². The van der Waals surface area contributed by atoms with Crippen LogP contribution >= 0.6 is 0 Å². The fraction of sp³-hybridized carbons (Fsp3) is 0.280. The van der Waals surface area contributed by atoms with Crippen molar-refractivity contribution in [2.24, 2.45) is 11.8 Å². The number of hydrogen-bond acceptors (Lipinski definition) is 11. The predicted molar refractivity (Wildman–Crippen MR) is 390 cm³/mol. The molecule has 4 N–H and O–H groups in total. The second-order valence-electron chi connectivity index (χ2n) is 20.3. The highest BCUT2D eigenvalue weighted by Crippen LogP contribution is 2.22. The maximum absolute atomic E-state index is 13.2. The van der Waals surface area contributed by atoms with Crippen molar-refractivity contribution in [2.45, 2.75) is 90.8 Å². The number of nitrogens with one attached hydrogen (secondary N) is 3. The van der Waals surface area contributed by atoms with Gasteiger partial charge in [-0.15, -0.1) is 6.42 Å². The van der Waals surface area contributed by atoms with Crippen LogP contribution in [0, 0.1) is 150 Å². The molecule has 498 valence electrons. The number of likely N-dealkylation sites (tertiary alicyclic amines) is 2. The van der Waals surface area contributed by atoms with E-state index in [1.165, 1.54) is 9.80 Å². The molecule has 2 aliphatic heterocycles. The Morgan fingerprint density at radius 2 is 1.10 bits per heavy atom. The standard InChI is InChI=1S/C57H40N4O7.C18H23NO4.22H2/c1-4-5-6-7-8-9-10-11-12-13-14-15-16-17-18-19-20-21-22-26-36-67-51-38-45(2)37-48(40-51)44-68-55(64)43-60-57(66)49-31-33-50(34-32-49)58-41-53(62)52-30-27-35-61(52)54(63)42-59-56(65)46(3)39-47-28-24-23-25-29-47;1-13(12-14-6-3-2-4-7-14)16(20)9-10-17(21)19-11-5-8-15(19)18(22)23;;;;;;;;;;;;;;;;;;;;;;/h1,23-25,28-29,31-34,37-38,40,46,52,58H,27,30,35,39,41-44H2,2-3H3,(H,59,65)(H,60,66);2-4,6-7,13,15H,5,8-12H2,1H3,(H,22,23);22*1H/t46-,52-;13-,15-;;;;;;;;;;;;;;;;;;;;;;/m00....................../s1. The molecule has 0 aliphatic carbocycles. The van der Waals surface area contributed by atoms with Gasteiger partial charge >= 0.3 is 11.9 Å². The van der Waals surface area contributed by atoms with E-state index in [1.54, 1.807) is 36.4 Å². The summed E-state index contributed by atoms with van der Waals surface area (Å²) in [6.45, 7) is 5.78. The topological polar surface area (TPSA) is 218 Å². The molecule has 4 aromatic carbocycles. The zero-order chi connectivity index (χ0) is 65.4. The van der Waals surface area contributed by atoms with Crippen LogP contribution in [0.4, 0.5) is 5.69 Å². The molecule has 2 saturated heterocycles. The van der Waals surface area contributed by atoms with Crippen molar-refractivity contribution in [3.05, 3.63) is 131 Å². The first-order valence-corrected chi connectivity index (χ1v) is 28.8. The third-order valence-electron chi connectivity index (χ3n) is 13.5. The summed E-state index contributed by atoms with van der Waals surface area (Å²) in [5.74, 6) is 46.3. The molecule has 0 bridgehead atoms. The van der Waals surface area contributed by atoms with Gasteiger partial charge in [0, 0.05) is 151 Å². The number of nitrogens with zero attached hydrogens (tertiary/aromatic N) is 2. The molecule has 2 aliphatic rings. The van der Waals surface area contributed by atoms with E-state index in [0.717, 1.165) is 16.7 Å². The summed E-state index contributed by atoms with van der Waals surface area (Å²) in [6, 6.07) is 29.7. The van der Waals surface area contributed by atoms with Gasteiger partial charge in [0.1, 0.15) is 36.8 Å². The number of carbonyl (C=O) groups excluding carboxylic acids is 7. The van der Waals surface area contributed by atoms with Gasteiger partial charge in [0.25, 0.3) is 5.91 Å². The highest BCUT2D eigenvalue weighted by Gasteiger charge is 2.35. The number of anilines is 1. The number of terminal acetylenes is 1. The second-order valence-corrected chi connectivity index (χ2v) is 20.3. The van der Waals surface area contributed by atoms with Gasteiger partial charge in [-0.25, -0.2) is 4.79 Å². The summed E-state index contributed by atoms with van der Waals surface area (Å²) >= 11 is 0. The summed E-state index contributed by atoms with van der Waals surface area (Å²) in [4.78, 5) is 102. The van der Waals surface area contributed by atoms with Gasteiger partial charge in [0.05, 0.1) is 19.1 Å². The highest BCUT2D eigenvalue weighted by molar-refractivity contribution is 5.97. The minimum atomic E-state index is -0.959. The van der Waals surface area contributed by atoms with Crippen molar-refractivity contribution in [3.8, 4) is 137 Å². The SMILES string of the molecule is C#CC#CC#CC#CC#CC#CC#CC#CC#CC#CC#COc1cc(C)cc(COC(=O)CNC(=O)c2ccc(NCC(=O)[C@@H]3CCCN3C(=O)CNC(=O)[C@@H](C)Cc3ccccc3)cc2)c1.C[C@@H](Cc1ccccc1)C(=O)CCC(=O)N1CCC[C@H]1C(=O)O.[HH].[HH].[HH].[HH].[HH].[HH].[HH].[HH].[HH].[HH].[HH].[HH].[HH].[HH].[HH].[HH].[HH].[HH].[HH].[HH].[HH].[HH]. The van der Waals surface area contributed by atoms with E-state index in [-0.39, 0.29) is 112 Å². The molecule has 16 nitrogen and oxygen atoms in total. The minimum absolute atomic E-state index is 0. The van der Waals surface area contributed by atoms with E-state index in [9.17, 15) is 38.4 Å². The Morgan fingerprint density at radius 1 is 0.582 bits per heavy atom. The fourth-order valence-corrected chi connectivity index (χ4v) is 9.08.